The molecule has 1 saturated heterocycles. The van der Waals surface area contributed by atoms with E-state index in [1.165, 1.54) is 12.1 Å². The van der Waals surface area contributed by atoms with Gasteiger partial charge in [0.1, 0.15) is 19.0 Å². The highest BCUT2D eigenvalue weighted by Crippen LogP contribution is 2.38. The third-order valence-electron chi connectivity index (χ3n) is 4.58. The van der Waals surface area contributed by atoms with Gasteiger partial charge in [-0.1, -0.05) is 17.7 Å². The number of esters is 1. The first kappa shape index (κ1) is 27.3. The quantitative estimate of drug-likeness (QED) is 0.189. The Morgan fingerprint density at radius 2 is 2.00 bits per heavy atom. The molecule has 0 unspecified atom stereocenters. The molecule has 1 heterocycles. The zero-order chi connectivity index (χ0) is 25.7. The Hall–Kier alpha value is -2.31. The van der Waals surface area contributed by atoms with Gasteiger partial charge in [-0.2, -0.15) is 0 Å². The lowest BCUT2D eigenvalue weighted by Crippen LogP contribution is -2.35. The van der Waals surface area contributed by atoms with Crippen LogP contribution in [0.3, 0.4) is 0 Å². The van der Waals surface area contributed by atoms with Gasteiger partial charge in [-0.15, -0.1) is 0 Å². The number of halogens is 3. The van der Waals surface area contributed by atoms with Crippen LogP contribution in [-0.2, 0) is 20.9 Å². The molecule has 2 amide bonds. The largest absolute Gasteiger partial charge is 0.490 e. The number of hydrogen-bond donors (Lipinski definition) is 0. The number of carbonyl (C=O) groups excluding carboxylic acids is 3. The Labute approximate surface area is 225 Å². The number of amides is 2. The smallest absolute Gasteiger partial charge is 0.326 e. The van der Waals surface area contributed by atoms with Gasteiger partial charge in [0.2, 0.25) is 0 Å². The molecule has 0 atom stereocenters. The predicted octanol–water partition coefficient (Wildman–Crippen LogP) is 6.05. The van der Waals surface area contributed by atoms with E-state index >= 15 is 0 Å². The lowest BCUT2D eigenvalue weighted by Gasteiger charge is -2.16. The molecule has 3 rings (SSSR count). The first-order valence-electron chi connectivity index (χ1n) is 10.6. The van der Waals surface area contributed by atoms with Crippen molar-refractivity contribution in [2.75, 3.05) is 13.2 Å². The molecule has 0 bridgehead atoms. The van der Waals surface area contributed by atoms with Gasteiger partial charge in [-0.25, -0.2) is 4.39 Å². The van der Waals surface area contributed by atoms with Gasteiger partial charge in [0.25, 0.3) is 11.1 Å². The molecule has 0 saturated carbocycles. The average Bonchev–Trinajstić information content (AvgIpc) is 3.01. The summed E-state index contributed by atoms with van der Waals surface area (Å²) in [7, 11) is 0. The second-order valence-electron chi connectivity index (χ2n) is 7.56. The third-order valence-corrected chi connectivity index (χ3v) is 6.64. The van der Waals surface area contributed by atoms with Crippen molar-refractivity contribution in [2.45, 2.75) is 33.5 Å². The zero-order valence-electron chi connectivity index (χ0n) is 19.1. The van der Waals surface area contributed by atoms with Crippen molar-refractivity contribution in [1.29, 1.82) is 0 Å². The monoisotopic (exact) mass is 633 g/mol. The van der Waals surface area contributed by atoms with E-state index in [0.717, 1.165) is 16.7 Å². The molecule has 11 heteroatoms. The highest BCUT2D eigenvalue weighted by Gasteiger charge is 2.37. The number of thioether (sulfide) groups is 1. The van der Waals surface area contributed by atoms with Gasteiger partial charge in [0.05, 0.1) is 26.2 Å². The topological polar surface area (TPSA) is 82.1 Å². The van der Waals surface area contributed by atoms with Crippen molar-refractivity contribution < 1.29 is 33.0 Å². The molecular weight excluding hydrogens is 612 g/mol. The second kappa shape index (κ2) is 12.1. The van der Waals surface area contributed by atoms with Crippen LogP contribution in [-0.4, -0.2) is 41.3 Å². The first-order valence-corrected chi connectivity index (χ1v) is 12.8. The van der Waals surface area contributed by atoms with Crippen LogP contribution in [0.5, 0.6) is 11.5 Å². The molecule has 2 aromatic carbocycles. The van der Waals surface area contributed by atoms with Crippen molar-refractivity contribution in [1.82, 2.24) is 4.90 Å². The molecular formula is C24H22ClFINO6S. The summed E-state index contributed by atoms with van der Waals surface area (Å²) in [6.07, 6.45) is 1.19. The minimum absolute atomic E-state index is 0.105. The van der Waals surface area contributed by atoms with Crippen LogP contribution in [0.4, 0.5) is 9.18 Å². The summed E-state index contributed by atoms with van der Waals surface area (Å²) in [4.78, 5) is 38.0. The van der Waals surface area contributed by atoms with E-state index in [-0.39, 0.29) is 28.2 Å². The molecule has 0 N–H and O–H groups in total. The van der Waals surface area contributed by atoms with Crippen LogP contribution in [0, 0.1) is 9.39 Å². The van der Waals surface area contributed by atoms with Gasteiger partial charge < -0.3 is 14.2 Å². The number of rotatable bonds is 9. The summed E-state index contributed by atoms with van der Waals surface area (Å²) in [5.41, 5.74) is 0.811. The lowest BCUT2D eigenvalue weighted by atomic mass is 10.1. The number of ether oxygens (including phenoxy) is 3. The van der Waals surface area contributed by atoms with Gasteiger partial charge in [0, 0.05) is 5.56 Å². The summed E-state index contributed by atoms with van der Waals surface area (Å²) in [6.45, 7) is 4.95. The summed E-state index contributed by atoms with van der Waals surface area (Å²) in [5.74, 6) is -0.933. The summed E-state index contributed by atoms with van der Waals surface area (Å²) >= 11 is 8.88. The molecule has 0 aromatic heterocycles. The third kappa shape index (κ3) is 6.89. The Balaban J connectivity index is 1.83. The molecule has 7 nitrogen and oxygen atoms in total. The maximum Gasteiger partial charge on any atom is 0.326 e. The number of nitrogens with zero attached hydrogens (tertiary/aromatic N) is 1. The number of hydrogen-bond acceptors (Lipinski definition) is 7. The van der Waals surface area contributed by atoms with Crippen LogP contribution in [0.2, 0.25) is 5.02 Å². The van der Waals surface area contributed by atoms with Crippen molar-refractivity contribution in [3.63, 3.8) is 0 Å². The highest BCUT2D eigenvalue weighted by molar-refractivity contribution is 14.1. The molecule has 0 radical (unpaired) electrons. The molecule has 0 spiro atoms. The van der Waals surface area contributed by atoms with Crippen LogP contribution in [0.15, 0.2) is 35.2 Å². The zero-order valence-corrected chi connectivity index (χ0v) is 22.8. The SMILES string of the molecule is CCOc1cc(/C=C2\SC(=O)N(CC(=O)OC(C)C)C2=O)cc(I)c1OCc1c(F)cccc1Cl. The fraction of sp³-hybridized carbons (Fsp3) is 0.292. The molecule has 1 aliphatic rings. The summed E-state index contributed by atoms with van der Waals surface area (Å²) in [6, 6.07) is 7.79. The molecule has 35 heavy (non-hydrogen) atoms. The lowest BCUT2D eigenvalue weighted by molar-refractivity contribution is -0.149. The Morgan fingerprint density at radius 1 is 1.26 bits per heavy atom. The Bertz CT molecular complexity index is 1170. The van der Waals surface area contributed by atoms with Crippen molar-refractivity contribution >= 4 is 69.1 Å². The molecule has 186 valence electrons. The normalized spacial score (nSPS) is 14.7. The standard InChI is InChI=1S/C24H22ClFINO6S/c1-4-32-19-9-14(8-18(27)22(19)33-12-15-16(25)6-5-7-17(15)26)10-20-23(30)28(24(31)35-20)11-21(29)34-13(2)3/h5-10,13H,4,11-12H2,1-3H3/b20-10-. The molecule has 2 aromatic rings. The van der Waals surface area contributed by atoms with E-state index in [2.05, 4.69) is 0 Å². The molecule has 1 fully saturated rings. The second-order valence-corrected chi connectivity index (χ2v) is 10.1. The maximum absolute atomic E-state index is 14.1. The average molecular weight is 634 g/mol. The van der Waals surface area contributed by atoms with Gasteiger partial charge in [-0.05, 0) is 91.0 Å². The molecule has 1 aliphatic heterocycles. The fourth-order valence-electron chi connectivity index (χ4n) is 3.11. The van der Waals surface area contributed by atoms with E-state index in [4.69, 9.17) is 25.8 Å². The minimum Gasteiger partial charge on any atom is -0.490 e. The van der Waals surface area contributed by atoms with E-state index in [1.54, 1.807) is 45.0 Å². The Kier molecular flexibility index (Phi) is 9.42. The highest BCUT2D eigenvalue weighted by atomic mass is 127. The van der Waals surface area contributed by atoms with Crippen molar-refractivity contribution in [3.8, 4) is 11.5 Å². The number of carbonyl (C=O) groups is 3. The first-order chi connectivity index (χ1) is 16.6. The Morgan fingerprint density at radius 3 is 2.66 bits per heavy atom. The van der Waals surface area contributed by atoms with Crippen LogP contribution in [0.1, 0.15) is 31.9 Å². The molecule has 0 aliphatic carbocycles. The van der Waals surface area contributed by atoms with Gasteiger partial charge >= 0.3 is 5.97 Å². The van der Waals surface area contributed by atoms with Crippen LogP contribution in [0.25, 0.3) is 6.08 Å². The fourth-order valence-corrected chi connectivity index (χ4v) is 4.94. The van der Waals surface area contributed by atoms with Crippen LogP contribution < -0.4 is 9.47 Å². The van der Waals surface area contributed by atoms with Gasteiger partial charge in [-0.3, -0.25) is 19.3 Å². The van der Waals surface area contributed by atoms with E-state index in [9.17, 15) is 18.8 Å². The predicted molar refractivity (Wildman–Crippen MR) is 140 cm³/mol. The maximum atomic E-state index is 14.1. The number of imide groups is 1. The van der Waals surface area contributed by atoms with Crippen molar-refractivity contribution in [3.05, 3.63) is 60.8 Å². The van der Waals surface area contributed by atoms with Crippen LogP contribution >= 0.6 is 46.0 Å². The van der Waals surface area contributed by atoms with Crippen molar-refractivity contribution in [2.24, 2.45) is 0 Å². The van der Waals surface area contributed by atoms with E-state index < -0.39 is 29.5 Å². The minimum atomic E-state index is -0.659. The van der Waals surface area contributed by atoms with E-state index in [0.29, 0.717) is 27.2 Å². The summed E-state index contributed by atoms with van der Waals surface area (Å²) in [5, 5.41) is -0.300. The van der Waals surface area contributed by atoms with E-state index in [1.807, 2.05) is 22.6 Å². The summed E-state index contributed by atoms with van der Waals surface area (Å²) < 4.78 is 31.4. The number of benzene rings is 2. The van der Waals surface area contributed by atoms with Gasteiger partial charge in [0.15, 0.2) is 11.5 Å².